The van der Waals surface area contributed by atoms with Crippen molar-refractivity contribution in [3.8, 4) is 22.3 Å². The maximum absolute atomic E-state index is 7.33. The normalized spacial score (nSPS) is 12.1. The second kappa shape index (κ2) is 17.9. The third kappa shape index (κ3) is 6.65. The standard InChI is InChI=1S/C48H56B28O/c49-19-4(11-9(26(56)40(70)42(72)28(11)58)3-10-14(30(60)29(59)12(3)19)31(61)43(73)41(71)27(10)57)1-5-7(24(54)38(68)36(66)22(5)52)2(8-6(1)23(53)37(67)39(69)25(8)55)13-20(50)18-17-21(51)15-16(33(63)45(75)44(74)32(15)62)35(65)47(17)77-48(18)46(76)34(13)64/h49-76H2. The van der Waals surface area contributed by atoms with E-state index in [2.05, 4.69) is 220 Å². The van der Waals surface area contributed by atoms with Crippen molar-refractivity contribution in [3.63, 3.8) is 0 Å². The van der Waals surface area contributed by atoms with Crippen molar-refractivity contribution in [1.82, 2.24) is 0 Å². The smallest absolute Gasteiger partial charge is 0.145 e. The Morgan fingerprint density at radius 3 is 0.714 bits per heavy atom. The zero-order chi connectivity index (χ0) is 56.4. The van der Waals surface area contributed by atoms with Gasteiger partial charge in [-0.25, -0.2) is 0 Å². The molecule has 338 valence electrons. The molecule has 0 saturated heterocycles. The van der Waals surface area contributed by atoms with Gasteiger partial charge in [0.2, 0.25) is 0 Å². The lowest BCUT2D eigenvalue weighted by Gasteiger charge is -2.32. The Bertz CT molecular complexity index is 4690. The maximum atomic E-state index is 7.33. The number of fused-ring (bicyclic) bond motifs is 11. The molecule has 11 rings (SSSR count). The Morgan fingerprint density at radius 2 is 0.338 bits per heavy atom. The van der Waals surface area contributed by atoms with Crippen molar-refractivity contribution in [1.29, 1.82) is 0 Å². The van der Waals surface area contributed by atoms with Crippen LogP contribution in [0.25, 0.3) is 109 Å². The van der Waals surface area contributed by atoms with Gasteiger partial charge in [0.1, 0.15) is 231 Å². The first-order valence-electron chi connectivity index (χ1n) is 28.7. The molecule has 1 nitrogen and oxygen atoms in total. The largest absolute Gasteiger partial charge is 0.457 e. The van der Waals surface area contributed by atoms with Crippen LogP contribution in [-0.4, -0.2) is 220 Å². The summed E-state index contributed by atoms with van der Waals surface area (Å²) < 4.78 is 7.33. The van der Waals surface area contributed by atoms with Crippen molar-refractivity contribution < 1.29 is 4.42 Å². The second-order valence-corrected chi connectivity index (χ2v) is 25.0. The van der Waals surface area contributed by atoms with Gasteiger partial charge in [-0.05, 0) is 92.4 Å². The van der Waals surface area contributed by atoms with Crippen LogP contribution < -0.4 is 153 Å². The van der Waals surface area contributed by atoms with E-state index in [9.17, 15) is 0 Å². The first-order chi connectivity index (χ1) is 36.0. The fourth-order valence-electron chi connectivity index (χ4n) is 16.0. The number of rotatable bonds is 2. The summed E-state index contributed by atoms with van der Waals surface area (Å²) in [5, 5.41) is 19.4. The molecule has 0 atom stereocenters. The molecule has 10 aromatic carbocycles. The summed E-state index contributed by atoms with van der Waals surface area (Å²) >= 11 is 0. The zero-order valence-electron chi connectivity index (χ0n) is 52.4. The van der Waals surface area contributed by atoms with Crippen LogP contribution >= 0.6 is 0 Å². The molecule has 0 aliphatic rings. The minimum absolute atomic E-state index is 1.03. The van der Waals surface area contributed by atoms with Crippen molar-refractivity contribution in [2.45, 2.75) is 0 Å². The highest BCUT2D eigenvalue weighted by Crippen LogP contribution is 2.43. The van der Waals surface area contributed by atoms with Gasteiger partial charge in [-0.2, -0.15) is 0 Å². The summed E-state index contributed by atoms with van der Waals surface area (Å²) in [6, 6.07) is 0. The van der Waals surface area contributed by atoms with E-state index < -0.39 is 0 Å². The van der Waals surface area contributed by atoms with Crippen molar-refractivity contribution in [3.05, 3.63) is 0 Å². The summed E-state index contributed by atoms with van der Waals surface area (Å²) in [7, 11) is 66.8. The van der Waals surface area contributed by atoms with Crippen LogP contribution in [0.5, 0.6) is 0 Å². The van der Waals surface area contributed by atoms with Gasteiger partial charge in [0.05, 0.1) is 0 Å². The Kier molecular flexibility index (Phi) is 12.7. The van der Waals surface area contributed by atoms with Crippen LogP contribution in [0.4, 0.5) is 0 Å². The fourth-order valence-corrected chi connectivity index (χ4v) is 16.0. The number of benzene rings is 10. The molecule has 0 N–H and O–H groups in total. The molecule has 11 aromatic rings. The van der Waals surface area contributed by atoms with Gasteiger partial charge >= 0.3 is 0 Å². The van der Waals surface area contributed by atoms with Crippen molar-refractivity contribution >= 4 is 459 Å². The van der Waals surface area contributed by atoms with Crippen LogP contribution in [0, 0.1) is 0 Å². The predicted octanol–water partition coefficient (Wildman–Crippen LogP) is -34.9. The molecule has 0 unspecified atom stereocenters. The first-order valence-corrected chi connectivity index (χ1v) is 28.7. The van der Waals surface area contributed by atoms with E-state index in [1.165, 1.54) is 251 Å². The third-order valence-electron chi connectivity index (χ3n) is 22.4. The summed E-state index contributed by atoms with van der Waals surface area (Å²) in [5.41, 5.74) is 46.0. The number of furan rings is 1. The van der Waals surface area contributed by atoms with E-state index in [0.29, 0.717) is 0 Å². The molecule has 0 saturated carbocycles. The minimum Gasteiger partial charge on any atom is -0.457 e. The van der Waals surface area contributed by atoms with Gasteiger partial charge in [-0.15, -0.1) is 54.6 Å². The van der Waals surface area contributed by atoms with Gasteiger partial charge in [0.25, 0.3) is 0 Å². The number of hydrogen-bond acceptors (Lipinski definition) is 1. The highest BCUT2D eigenvalue weighted by molar-refractivity contribution is 6.79. The van der Waals surface area contributed by atoms with Gasteiger partial charge in [0, 0.05) is 10.8 Å². The van der Waals surface area contributed by atoms with E-state index in [1.54, 1.807) is 0 Å². The van der Waals surface area contributed by atoms with Gasteiger partial charge < -0.3 is 4.42 Å². The molecule has 1 aromatic heterocycles. The van der Waals surface area contributed by atoms with Crippen LogP contribution in [-0.2, 0) is 0 Å². The van der Waals surface area contributed by atoms with Crippen LogP contribution in [0.15, 0.2) is 4.42 Å². The Labute approximate surface area is 482 Å². The Balaban J connectivity index is 1.48. The lowest BCUT2D eigenvalue weighted by Crippen LogP contribution is -2.51. The van der Waals surface area contributed by atoms with E-state index in [-0.39, 0.29) is 0 Å². The Hall–Kier alpha value is -4.62. The summed E-state index contributed by atoms with van der Waals surface area (Å²) in [6.45, 7) is 0. The average molecular weight is 952 g/mol. The molecule has 0 amide bonds. The van der Waals surface area contributed by atoms with Gasteiger partial charge in [-0.1, -0.05) is 92.9 Å². The van der Waals surface area contributed by atoms with Crippen LogP contribution in [0.1, 0.15) is 0 Å². The van der Waals surface area contributed by atoms with E-state index >= 15 is 0 Å². The van der Waals surface area contributed by atoms with Crippen molar-refractivity contribution in [2.75, 3.05) is 0 Å². The predicted molar refractivity (Wildman–Crippen MR) is 439 cm³/mol. The molecule has 0 spiro atoms. The molecule has 0 fully saturated rings. The molecule has 0 bridgehead atoms. The lowest BCUT2D eigenvalue weighted by atomic mass is 9.56. The SMILES string of the molecule is Bc1c(-c2c3c(B)c(B)c(B)c(B)c3c(-c3c(B)c4c(B)c(B)c5c(B)c(B)c(B)c(B)c5c4c4c(B)c(B)c(B)c(B)c34)c3c(B)c(B)c(B)c(B)c23)c(B)c2c(oc3c(B)c4c(B)c(B)c(B)c(B)c4c(B)c32)c1B. The Morgan fingerprint density at radius 1 is 0.117 bits per heavy atom. The second-order valence-electron chi connectivity index (χ2n) is 25.0. The summed E-state index contributed by atoms with van der Waals surface area (Å²) in [4.78, 5) is 0. The minimum atomic E-state index is 1.03. The van der Waals surface area contributed by atoms with Gasteiger partial charge in [-0.3, -0.25) is 0 Å². The molecule has 0 aliphatic carbocycles. The molecule has 29 heteroatoms. The monoisotopic (exact) mass is 957 g/mol. The molecule has 0 radical (unpaired) electrons. The van der Waals surface area contributed by atoms with E-state index in [4.69, 9.17) is 4.42 Å². The summed E-state index contributed by atoms with van der Waals surface area (Å²) in [6.07, 6.45) is 0. The highest BCUT2D eigenvalue weighted by atomic mass is 16.3. The first kappa shape index (κ1) is 54.3. The summed E-state index contributed by atoms with van der Waals surface area (Å²) in [5.74, 6) is 0. The molecular formula is C48H56B28O. The van der Waals surface area contributed by atoms with Crippen LogP contribution in [0.2, 0.25) is 0 Å². The van der Waals surface area contributed by atoms with E-state index in [1.807, 2.05) is 0 Å². The molecule has 0 aliphatic heterocycles. The number of hydrogen-bond donors (Lipinski definition) is 0. The highest BCUT2D eigenvalue weighted by Gasteiger charge is 2.33. The zero-order valence-corrected chi connectivity index (χ0v) is 52.4. The lowest BCUT2D eigenvalue weighted by molar-refractivity contribution is 0.675. The molecule has 1 heterocycles. The molecule has 77 heavy (non-hydrogen) atoms. The van der Waals surface area contributed by atoms with Crippen LogP contribution in [0.3, 0.4) is 0 Å². The van der Waals surface area contributed by atoms with E-state index in [0.717, 1.165) is 11.2 Å². The fraction of sp³-hybridized carbons (Fsp3) is 0. The topological polar surface area (TPSA) is 13.1 Å². The quantitative estimate of drug-likeness (QED) is 0.0956. The maximum Gasteiger partial charge on any atom is 0.145 e. The average Bonchev–Trinajstić information content (AvgIpc) is 3.86. The van der Waals surface area contributed by atoms with Crippen molar-refractivity contribution in [2.24, 2.45) is 0 Å². The van der Waals surface area contributed by atoms with Gasteiger partial charge in [0.15, 0.2) is 0 Å². The third-order valence-corrected chi connectivity index (χ3v) is 22.4. The molecular weight excluding hydrogens is 895 g/mol.